The molecule has 0 aliphatic rings. The van der Waals surface area contributed by atoms with Crippen LogP contribution in [0.25, 0.3) is 28.7 Å². The zero-order chi connectivity index (χ0) is 20.4. The molecule has 2 N–H and O–H groups in total. The highest BCUT2D eigenvalue weighted by Crippen LogP contribution is 2.28. The SMILES string of the molecule is CCCc1[nH]ncc1-c1nc(-c2ccc(C)o2)nn1-c1ccc(C(=O)NC)cc1. The summed E-state index contributed by atoms with van der Waals surface area (Å²) in [5.74, 6) is 2.42. The fraction of sp³-hybridized carbons (Fsp3) is 0.238. The average Bonchev–Trinajstić information content (AvgIpc) is 3.47. The summed E-state index contributed by atoms with van der Waals surface area (Å²) < 4.78 is 7.47. The first kappa shape index (κ1) is 18.7. The fourth-order valence-electron chi connectivity index (χ4n) is 3.17. The van der Waals surface area contributed by atoms with Gasteiger partial charge in [0.05, 0.1) is 17.4 Å². The first-order valence-corrected chi connectivity index (χ1v) is 9.49. The molecule has 1 amide bonds. The van der Waals surface area contributed by atoms with Crippen LogP contribution in [0.4, 0.5) is 0 Å². The lowest BCUT2D eigenvalue weighted by molar-refractivity contribution is 0.0963. The Labute approximate surface area is 168 Å². The van der Waals surface area contributed by atoms with E-state index in [1.165, 1.54) is 0 Å². The standard InChI is InChI=1S/C21H22N6O2/c1-4-5-17-16(12-23-25-17)20-24-19(18-11-6-13(2)29-18)26-27(20)15-9-7-14(8-10-15)21(28)22-3/h6-12H,4-5H2,1-3H3,(H,22,28)(H,23,25). The smallest absolute Gasteiger partial charge is 0.251 e. The zero-order valence-corrected chi connectivity index (χ0v) is 16.6. The van der Waals surface area contributed by atoms with Crippen LogP contribution < -0.4 is 5.32 Å². The molecule has 4 rings (SSSR count). The van der Waals surface area contributed by atoms with Crippen molar-refractivity contribution in [2.75, 3.05) is 7.05 Å². The van der Waals surface area contributed by atoms with Crippen molar-refractivity contribution in [1.82, 2.24) is 30.3 Å². The third-order valence-corrected chi connectivity index (χ3v) is 4.63. The van der Waals surface area contributed by atoms with Crippen molar-refractivity contribution in [2.24, 2.45) is 0 Å². The van der Waals surface area contributed by atoms with Crippen LogP contribution >= 0.6 is 0 Å². The molecule has 0 unspecified atom stereocenters. The quantitative estimate of drug-likeness (QED) is 0.524. The number of aromatic amines is 1. The molecule has 29 heavy (non-hydrogen) atoms. The summed E-state index contributed by atoms with van der Waals surface area (Å²) in [7, 11) is 1.61. The molecule has 8 nitrogen and oxygen atoms in total. The molecular weight excluding hydrogens is 368 g/mol. The Morgan fingerprint density at radius 3 is 2.66 bits per heavy atom. The third kappa shape index (κ3) is 3.56. The lowest BCUT2D eigenvalue weighted by Crippen LogP contribution is -2.17. The van der Waals surface area contributed by atoms with Gasteiger partial charge in [-0.15, -0.1) is 5.10 Å². The van der Waals surface area contributed by atoms with Crippen molar-refractivity contribution >= 4 is 5.91 Å². The van der Waals surface area contributed by atoms with Crippen LogP contribution in [0, 0.1) is 6.92 Å². The molecule has 0 radical (unpaired) electrons. The van der Waals surface area contributed by atoms with Crippen LogP contribution in [-0.2, 0) is 6.42 Å². The number of hydrogen-bond donors (Lipinski definition) is 2. The second-order valence-electron chi connectivity index (χ2n) is 6.72. The van der Waals surface area contributed by atoms with E-state index in [9.17, 15) is 4.79 Å². The Kier molecular flexibility index (Phi) is 4.99. The highest BCUT2D eigenvalue weighted by molar-refractivity contribution is 5.94. The van der Waals surface area contributed by atoms with Gasteiger partial charge in [0, 0.05) is 18.3 Å². The summed E-state index contributed by atoms with van der Waals surface area (Å²) in [6.07, 6.45) is 3.60. The number of rotatable bonds is 6. The summed E-state index contributed by atoms with van der Waals surface area (Å²) in [5, 5.41) is 14.6. The number of carbonyl (C=O) groups excluding carboxylic acids is 1. The number of nitrogens with one attached hydrogen (secondary N) is 2. The van der Waals surface area contributed by atoms with Gasteiger partial charge in [-0.25, -0.2) is 9.67 Å². The number of aryl methyl sites for hydroxylation is 2. The van der Waals surface area contributed by atoms with E-state index in [2.05, 4.69) is 27.5 Å². The van der Waals surface area contributed by atoms with Crippen molar-refractivity contribution in [2.45, 2.75) is 26.7 Å². The van der Waals surface area contributed by atoms with Crippen molar-refractivity contribution in [3.05, 3.63) is 59.6 Å². The monoisotopic (exact) mass is 390 g/mol. The van der Waals surface area contributed by atoms with Crippen molar-refractivity contribution < 1.29 is 9.21 Å². The Bertz CT molecular complexity index is 1140. The molecule has 0 aliphatic heterocycles. The van der Waals surface area contributed by atoms with Gasteiger partial charge in [0.25, 0.3) is 5.91 Å². The average molecular weight is 390 g/mol. The molecule has 3 heterocycles. The first-order chi connectivity index (χ1) is 14.1. The number of nitrogens with zero attached hydrogens (tertiary/aromatic N) is 4. The minimum absolute atomic E-state index is 0.137. The van der Waals surface area contributed by atoms with Crippen LogP contribution in [0.1, 0.15) is 35.2 Å². The molecule has 0 aliphatic carbocycles. The minimum Gasteiger partial charge on any atom is -0.458 e. The van der Waals surface area contributed by atoms with Crippen LogP contribution in [0.5, 0.6) is 0 Å². The van der Waals surface area contributed by atoms with Gasteiger partial charge in [0.2, 0.25) is 5.82 Å². The maximum Gasteiger partial charge on any atom is 0.251 e. The number of benzene rings is 1. The van der Waals surface area contributed by atoms with E-state index in [0.29, 0.717) is 23.0 Å². The fourth-order valence-corrected chi connectivity index (χ4v) is 3.17. The normalized spacial score (nSPS) is 11.0. The molecule has 0 atom stereocenters. The molecule has 0 spiro atoms. The van der Waals surface area contributed by atoms with Crippen LogP contribution in [-0.4, -0.2) is 37.9 Å². The molecule has 148 valence electrons. The summed E-state index contributed by atoms with van der Waals surface area (Å²) in [6.45, 7) is 4.00. The van der Waals surface area contributed by atoms with Gasteiger partial charge in [-0.05, 0) is 49.7 Å². The van der Waals surface area contributed by atoms with E-state index < -0.39 is 0 Å². The van der Waals surface area contributed by atoms with Gasteiger partial charge in [-0.3, -0.25) is 9.89 Å². The topological polar surface area (TPSA) is 102 Å². The van der Waals surface area contributed by atoms with Gasteiger partial charge in [0.1, 0.15) is 5.76 Å². The number of H-pyrrole nitrogens is 1. The lowest BCUT2D eigenvalue weighted by atomic mass is 10.1. The molecule has 8 heteroatoms. The van der Waals surface area contributed by atoms with E-state index in [4.69, 9.17) is 9.40 Å². The maximum absolute atomic E-state index is 11.9. The summed E-state index contributed by atoms with van der Waals surface area (Å²) >= 11 is 0. The van der Waals surface area contributed by atoms with Gasteiger partial charge in [-0.1, -0.05) is 13.3 Å². The van der Waals surface area contributed by atoms with Crippen LogP contribution in [0.15, 0.2) is 47.0 Å². The number of carbonyl (C=O) groups is 1. The largest absolute Gasteiger partial charge is 0.458 e. The van der Waals surface area contributed by atoms with E-state index in [-0.39, 0.29) is 5.91 Å². The number of hydrogen-bond acceptors (Lipinski definition) is 5. The Morgan fingerprint density at radius 2 is 2.00 bits per heavy atom. The molecule has 3 aromatic heterocycles. The first-order valence-electron chi connectivity index (χ1n) is 9.49. The third-order valence-electron chi connectivity index (χ3n) is 4.63. The van der Waals surface area contributed by atoms with Gasteiger partial charge >= 0.3 is 0 Å². The molecule has 0 saturated heterocycles. The number of furan rings is 1. The minimum atomic E-state index is -0.137. The number of amides is 1. The number of aromatic nitrogens is 5. The summed E-state index contributed by atoms with van der Waals surface area (Å²) in [5.41, 5.74) is 3.27. The second-order valence-corrected chi connectivity index (χ2v) is 6.72. The molecule has 1 aromatic carbocycles. The Morgan fingerprint density at radius 1 is 1.21 bits per heavy atom. The van der Waals surface area contributed by atoms with Crippen LogP contribution in [0.2, 0.25) is 0 Å². The van der Waals surface area contributed by atoms with Crippen molar-refractivity contribution in [3.8, 4) is 28.7 Å². The van der Waals surface area contributed by atoms with E-state index in [0.717, 1.165) is 35.5 Å². The molecule has 0 fully saturated rings. The predicted octanol–water partition coefficient (Wildman–Crippen LogP) is 3.54. The van der Waals surface area contributed by atoms with Gasteiger partial charge in [-0.2, -0.15) is 5.10 Å². The molecule has 4 aromatic rings. The maximum atomic E-state index is 11.9. The summed E-state index contributed by atoms with van der Waals surface area (Å²) in [6, 6.07) is 11.0. The molecular formula is C21H22N6O2. The zero-order valence-electron chi connectivity index (χ0n) is 16.6. The van der Waals surface area contributed by atoms with Crippen molar-refractivity contribution in [3.63, 3.8) is 0 Å². The van der Waals surface area contributed by atoms with Crippen molar-refractivity contribution in [1.29, 1.82) is 0 Å². The molecule has 0 saturated carbocycles. The van der Waals surface area contributed by atoms with Gasteiger partial charge in [0.15, 0.2) is 11.6 Å². The van der Waals surface area contributed by atoms with Crippen LogP contribution in [0.3, 0.4) is 0 Å². The highest BCUT2D eigenvalue weighted by atomic mass is 16.3. The Hall–Kier alpha value is -3.68. The van der Waals surface area contributed by atoms with Gasteiger partial charge < -0.3 is 9.73 Å². The van der Waals surface area contributed by atoms with E-state index in [1.54, 1.807) is 30.1 Å². The Balaban J connectivity index is 1.84. The van der Waals surface area contributed by atoms with E-state index in [1.807, 2.05) is 31.2 Å². The highest BCUT2D eigenvalue weighted by Gasteiger charge is 2.20. The van der Waals surface area contributed by atoms with E-state index >= 15 is 0 Å². The molecule has 0 bridgehead atoms. The summed E-state index contributed by atoms with van der Waals surface area (Å²) in [4.78, 5) is 16.6. The lowest BCUT2D eigenvalue weighted by Gasteiger charge is -2.07. The second kappa shape index (κ2) is 7.75. The predicted molar refractivity (Wildman–Crippen MR) is 109 cm³/mol.